The van der Waals surface area contributed by atoms with Crippen molar-refractivity contribution in [1.29, 1.82) is 0 Å². The first-order valence-electron chi connectivity index (χ1n) is 8.17. The molecule has 4 aromatic rings. The van der Waals surface area contributed by atoms with Crippen molar-refractivity contribution in [2.45, 2.75) is 0 Å². The fraction of sp³-hybridized carbons (Fsp3) is 0. The number of para-hydroxylation sites is 1. The van der Waals surface area contributed by atoms with E-state index in [-0.39, 0.29) is 22.7 Å². The second-order valence-corrected chi connectivity index (χ2v) is 5.94. The fourth-order valence-corrected chi connectivity index (χ4v) is 2.96. The molecule has 0 saturated carbocycles. The van der Waals surface area contributed by atoms with Crippen LogP contribution >= 0.6 is 0 Å². The number of rotatable bonds is 4. The van der Waals surface area contributed by atoms with E-state index in [1.54, 1.807) is 48.5 Å². The molecule has 0 atom stereocenters. The molecule has 6 heteroatoms. The second-order valence-electron chi connectivity index (χ2n) is 5.94. The smallest absolute Gasteiger partial charge is 0.335 e. The predicted octanol–water partition coefficient (Wildman–Crippen LogP) is 4.09. The molecule has 5 nitrogen and oxygen atoms in total. The van der Waals surface area contributed by atoms with E-state index in [0.717, 1.165) is 6.07 Å². The number of carbonyl (C=O) groups excluding carboxylic acids is 1. The van der Waals surface area contributed by atoms with Gasteiger partial charge >= 0.3 is 5.97 Å². The average Bonchev–Trinajstić information content (AvgIpc) is 3.07. The first kappa shape index (κ1) is 16.7. The molecule has 0 radical (unpaired) electrons. The highest BCUT2D eigenvalue weighted by molar-refractivity contribution is 6.15. The van der Waals surface area contributed by atoms with Crippen LogP contribution in [-0.2, 0) is 0 Å². The minimum Gasteiger partial charge on any atom is -0.478 e. The van der Waals surface area contributed by atoms with E-state index in [0.29, 0.717) is 16.5 Å². The van der Waals surface area contributed by atoms with E-state index < -0.39 is 11.8 Å². The van der Waals surface area contributed by atoms with Gasteiger partial charge in [-0.3, -0.25) is 4.79 Å². The monoisotopic (exact) mass is 360 g/mol. The number of carboxylic acids is 1. The van der Waals surface area contributed by atoms with Gasteiger partial charge in [-0.1, -0.05) is 48.5 Å². The van der Waals surface area contributed by atoms with Crippen LogP contribution < -0.4 is 0 Å². The summed E-state index contributed by atoms with van der Waals surface area (Å²) in [6, 6.07) is 19.3. The molecule has 0 aliphatic heterocycles. The highest BCUT2D eigenvalue weighted by Crippen LogP contribution is 2.25. The van der Waals surface area contributed by atoms with E-state index in [2.05, 4.69) is 5.10 Å². The van der Waals surface area contributed by atoms with Crippen LogP contribution in [0.3, 0.4) is 0 Å². The summed E-state index contributed by atoms with van der Waals surface area (Å²) >= 11 is 0. The third-order valence-corrected chi connectivity index (χ3v) is 4.26. The molecule has 0 unspecified atom stereocenters. The normalized spacial score (nSPS) is 10.9. The summed E-state index contributed by atoms with van der Waals surface area (Å²) in [7, 11) is 0. The number of ketones is 1. The molecule has 4 rings (SSSR count). The number of aromatic carboxylic acids is 1. The van der Waals surface area contributed by atoms with E-state index in [1.165, 1.54) is 16.8 Å². The van der Waals surface area contributed by atoms with E-state index >= 15 is 0 Å². The van der Waals surface area contributed by atoms with Crippen molar-refractivity contribution in [3.05, 3.63) is 95.4 Å². The summed E-state index contributed by atoms with van der Waals surface area (Å²) in [6.45, 7) is 0. The maximum Gasteiger partial charge on any atom is 0.335 e. The van der Waals surface area contributed by atoms with Gasteiger partial charge in [-0.2, -0.15) is 5.10 Å². The Morgan fingerprint density at radius 3 is 2.30 bits per heavy atom. The molecule has 0 aliphatic rings. The molecule has 0 saturated heterocycles. The average molecular weight is 360 g/mol. The summed E-state index contributed by atoms with van der Waals surface area (Å²) in [5.41, 5.74) is 1.16. The molecule has 132 valence electrons. The van der Waals surface area contributed by atoms with E-state index in [1.807, 2.05) is 6.07 Å². The topological polar surface area (TPSA) is 72.2 Å². The van der Waals surface area contributed by atoms with Crippen molar-refractivity contribution in [3.8, 4) is 5.69 Å². The Kier molecular flexibility index (Phi) is 4.01. The van der Waals surface area contributed by atoms with Gasteiger partial charge in [0.05, 0.1) is 11.1 Å². The first-order valence-corrected chi connectivity index (χ1v) is 8.17. The number of carboxylic acid groups (broad SMARTS) is 1. The van der Waals surface area contributed by atoms with Gasteiger partial charge in [-0.25, -0.2) is 13.9 Å². The van der Waals surface area contributed by atoms with Crippen LogP contribution in [-0.4, -0.2) is 26.6 Å². The maximum atomic E-state index is 14.5. The molecule has 0 aliphatic carbocycles. The largest absolute Gasteiger partial charge is 0.478 e. The molecule has 1 heterocycles. The van der Waals surface area contributed by atoms with Crippen LogP contribution in [0.15, 0.2) is 72.8 Å². The fourth-order valence-electron chi connectivity index (χ4n) is 2.96. The van der Waals surface area contributed by atoms with E-state index in [4.69, 9.17) is 5.11 Å². The van der Waals surface area contributed by atoms with Crippen molar-refractivity contribution in [2.24, 2.45) is 0 Å². The van der Waals surface area contributed by atoms with Gasteiger partial charge in [0, 0.05) is 10.9 Å². The predicted molar refractivity (Wildman–Crippen MR) is 97.9 cm³/mol. The summed E-state index contributed by atoms with van der Waals surface area (Å²) in [5, 5.41) is 14.0. The maximum absolute atomic E-state index is 14.5. The summed E-state index contributed by atoms with van der Waals surface area (Å²) < 4.78 is 15.9. The third kappa shape index (κ3) is 2.87. The number of aromatic nitrogens is 2. The van der Waals surface area contributed by atoms with Gasteiger partial charge in [0.2, 0.25) is 5.78 Å². The van der Waals surface area contributed by atoms with Crippen LogP contribution in [0.25, 0.3) is 16.6 Å². The lowest BCUT2D eigenvalue weighted by Gasteiger charge is -2.06. The third-order valence-electron chi connectivity index (χ3n) is 4.26. The molecule has 1 aromatic heterocycles. The second kappa shape index (κ2) is 6.49. The number of hydrogen-bond donors (Lipinski definition) is 1. The van der Waals surface area contributed by atoms with E-state index in [9.17, 15) is 14.0 Å². The van der Waals surface area contributed by atoms with Gasteiger partial charge in [-0.05, 0) is 24.3 Å². The van der Waals surface area contributed by atoms with Gasteiger partial charge in [-0.15, -0.1) is 0 Å². The number of halogens is 1. The molecule has 0 amide bonds. The summed E-state index contributed by atoms with van der Waals surface area (Å²) in [6.07, 6.45) is 0. The molecule has 0 fully saturated rings. The van der Waals surface area contributed by atoms with Crippen LogP contribution in [0.1, 0.15) is 26.4 Å². The molecule has 1 N–H and O–H groups in total. The SMILES string of the molecule is O=C(O)c1ccc(-n2nc(C(=O)c3ccccc3)c3ccccc32)c(F)c1. The zero-order valence-corrected chi connectivity index (χ0v) is 14.0. The quantitative estimate of drug-likeness (QED) is 0.556. The van der Waals surface area contributed by atoms with Gasteiger partial charge in [0.15, 0.2) is 0 Å². The molecule has 0 bridgehead atoms. The Morgan fingerprint density at radius 1 is 0.889 bits per heavy atom. The molecular weight excluding hydrogens is 347 g/mol. The lowest BCUT2D eigenvalue weighted by atomic mass is 10.1. The Labute approximate surface area is 153 Å². The molecule has 27 heavy (non-hydrogen) atoms. The molecule has 0 spiro atoms. The zero-order chi connectivity index (χ0) is 19.0. The van der Waals surface area contributed by atoms with Crippen LogP contribution in [0.5, 0.6) is 0 Å². The van der Waals surface area contributed by atoms with Gasteiger partial charge in [0.1, 0.15) is 17.2 Å². The van der Waals surface area contributed by atoms with Crippen molar-refractivity contribution in [1.82, 2.24) is 9.78 Å². The van der Waals surface area contributed by atoms with Crippen molar-refractivity contribution >= 4 is 22.7 Å². The number of fused-ring (bicyclic) bond motifs is 1. The van der Waals surface area contributed by atoms with Crippen LogP contribution in [0.4, 0.5) is 4.39 Å². The van der Waals surface area contributed by atoms with Crippen LogP contribution in [0, 0.1) is 5.82 Å². The lowest BCUT2D eigenvalue weighted by Crippen LogP contribution is -2.06. The first-order chi connectivity index (χ1) is 13.1. The summed E-state index contributed by atoms with van der Waals surface area (Å²) in [4.78, 5) is 23.9. The van der Waals surface area contributed by atoms with Crippen LogP contribution in [0.2, 0.25) is 0 Å². The van der Waals surface area contributed by atoms with Crippen molar-refractivity contribution in [3.63, 3.8) is 0 Å². The number of hydrogen-bond acceptors (Lipinski definition) is 3. The minimum atomic E-state index is -1.22. The highest BCUT2D eigenvalue weighted by Gasteiger charge is 2.20. The standard InChI is InChI=1S/C21H13FN2O3/c22-16-12-14(21(26)27)10-11-18(16)24-17-9-5-4-8-15(17)19(23-24)20(25)13-6-2-1-3-7-13/h1-12H,(H,26,27). The minimum absolute atomic E-state index is 0.0725. The number of carbonyl (C=O) groups is 2. The van der Waals surface area contributed by atoms with Gasteiger partial charge in [0.25, 0.3) is 0 Å². The molecule has 3 aromatic carbocycles. The molecular formula is C21H13FN2O3. The van der Waals surface area contributed by atoms with Crippen molar-refractivity contribution < 1.29 is 19.1 Å². The Bertz CT molecular complexity index is 1180. The Balaban J connectivity index is 1.91. The summed E-state index contributed by atoms with van der Waals surface area (Å²) in [5.74, 6) is -2.22. The Hall–Kier alpha value is -3.80. The lowest BCUT2D eigenvalue weighted by molar-refractivity contribution is 0.0696. The number of benzene rings is 3. The van der Waals surface area contributed by atoms with Crippen molar-refractivity contribution in [2.75, 3.05) is 0 Å². The van der Waals surface area contributed by atoms with Gasteiger partial charge < -0.3 is 5.11 Å². The Morgan fingerprint density at radius 2 is 1.59 bits per heavy atom. The zero-order valence-electron chi connectivity index (χ0n) is 14.0. The highest BCUT2D eigenvalue weighted by atomic mass is 19.1. The number of nitrogens with zero attached hydrogens (tertiary/aromatic N) is 2.